The summed E-state index contributed by atoms with van der Waals surface area (Å²) in [7, 11) is 0. The molecule has 2 aromatic carbocycles. The number of ether oxygens (including phenoxy) is 1. The summed E-state index contributed by atoms with van der Waals surface area (Å²) in [6, 6.07) is 9.99. The molecule has 1 atom stereocenters. The third-order valence-corrected chi connectivity index (χ3v) is 4.75. The van der Waals surface area contributed by atoms with Gasteiger partial charge in [-0.2, -0.15) is 0 Å². The van der Waals surface area contributed by atoms with Gasteiger partial charge in [-0.1, -0.05) is 33.6 Å². The zero-order valence-corrected chi connectivity index (χ0v) is 14.0. The predicted molar refractivity (Wildman–Crippen MR) is 87.2 cm³/mol. The lowest BCUT2D eigenvalue weighted by atomic mass is 9.97. The lowest BCUT2D eigenvalue weighted by Crippen LogP contribution is -1.99. The van der Waals surface area contributed by atoms with Crippen LogP contribution in [0.2, 0.25) is 5.02 Å². The number of fused-ring (bicyclic) bond motifs is 1. The number of rotatable bonds is 2. The zero-order valence-electron chi connectivity index (χ0n) is 10.9. The van der Waals surface area contributed by atoms with Crippen molar-refractivity contribution in [3.8, 4) is 5.75 Å². The minimum absolute atomic E-state index is 0.266. The van der Waals surface area contributed by atoms with E-state index in [2.05, 4.69) is 35.0 Å². The standard InChI is InChI=1S/C16H13BrCl2O/c1-9-2-3-11(17)7-13(9)15(19)14-8-12(18)6-10-4-5-20-16(10)14/h2-3,6-8,15H,4-5H2,1H3. The first-order chi connectivity index (χ1) is 9.56. The number of hydrogen-bond acceptors (Lipinski definition) is 1. The molecule has 3 rings (SSSR count). The third-order valence-electron chi connectivity index (χ3n) is 3.56. The van der Waals surface area contributed by atoms with Crippen LogP contribution in [0, 0.1) is 6.92 Å². The Hall–Kier alpha value is -0.700. The number of hydrogen-bond donors (Lipinski definition) is 0. The van der Waals surface area contributed by atoms with Crippen molar-refractivity contribution in [2.24, 2.45) is 0 Å². The molecule has 0 fully saturated rings. The summed E-state index contributed by atoms with van der Waals surface area (Å²) < 4.78 is 6.76. The molecule has 0 saturated heterocycles. The monoisotopic (exact) mass is 370 g/mol. The molecule has 0 amide bonds. The van der Waals surface area contributed by atoms with Crippen LogP contribution in [0.1, 0.15) is 27.6 Å². The van der Waals surface area contributed by atoms with E-state index in [0.717, 1.165) is 38.9 Å². The summed E-state index contributed by atoms with van der Waals surface area (Å²) in [6.07, 6.45) is 0.893. The molecule has 2 aromatic rings. The van der Waals surface area contributed by atoms with E-state index in [1.54, 1.807) is 0 Å². The maximum Gasteiger partial charge on any atom is 0.127 e. The number of halogens is 3. The molecule has 0 aliphatic carbocycles. The van der Waals surface area contributed by atoms with Crippen molar-refractivity contribution in [1.29, 1.82) is 0 Å². The Labute approximate surface area is 137 Å². The lowest BCUT2D eigenvalue weighted by molar-refractivity contribution is 0.353. The Morgan fingerprint density at radius 3 is 2.80 bits per heavy atom. The van der Waals surface area contributed by atoms with E-state index in [4.69, 9.17) is 27.9 Å². The van der Waals surface area contributed by atoms with Crippen molar-refractivity contribution < 1.29 is 4.74 Å². The average Bonchev–Trinajstić information content (AvgIpc) is 2.87. The maximum atomic E-state index is 6.71. The molecule has 1 unspecified atom stereocenters. The molecule has 20 heavy (non-hydrogen) atoms. The van der Waals surface area contributed by atoms with Crippen molar-refractivity contribution in [1.82, 2.24) is 0 Å². The second kappa shape index (κ2) is 5.59. The second-order valence-corrected chi connectivity index (χ2v) is 6.73. The van der Waals surface area contributed by atoms with Gasteiger partial charge in [-0.25, -0.2) is 0 Å². The van der Waals surface area contributed by atoms with Crippen molar-refractivity contribution in [3.63, 3.8) is 0 Å². The molecule has 0 saturated carbocycles. The minimum atomic E-state index is -0.266. The van der Waals surface area contributed by atoms with Crippen LogP contribution in [-0.4, -0.2) is 6.61 Å². The highest BCUT2D eigenvalue weighted by molar-refractivity contribution is 9.10. The van der Waals surface area contributed by atoms with E-state index in [1.165, 1.54) is 0 Å². The fourth-order valence-electron chi connectivity index (χ4n) is 2.54. The first kappa shape index (κ1) is 14.2. The smallest absolute Gasteiger partial charge is 0.127 e. The lowest BCUT2D eigenvalue weighted by Gasteiger charge is -2.17. The number of aryl methyl sites for hydroxylation is 1. The van der Waals surface area contributed by atoms with Crippen LogP contribution >= 0.6 is 39.1 Å². The van der Waals surface area contributed by atoms with E-state index >= 15 is 0 Å². The van der Waals surface area contributed by atoms with Crippen LogP contribution in [0.5, 0.6) is 5.75 Å². The highest BCUT2D eigenvalue weighted by Gasteiger charge is 2.24. The number of alkyl halides is 1. The number of benzene rings is 2. The average molecular weight is 372 g/mol. The van der Waals surface area contributed by atoms with Crippen molar-refractivity contribution >= 4 is 39.1 Å². The van der Waals surface area contributed by atoms with E-state index in [-0.39, 0.29) is 5.38 Å². The maximum absolute atomic E-state index is 6.71. The van der Waals surface area contributed by atoms with Gasteiger partial charge in [0, 0.05) is 21.5 Å². The first-order valence-corrected chi connectivity index (χ1v) is 8.02. The Kier molecular flexibility index (Phi) is 3.98. The molecule has 1 nitrogen and oxygen atoms in total. The molecule has 0 N–H and O–H groups in total. The molecule has 104 valence electrons. The van der Waals surface area contributed by atoms with E-state index in [9.17, 15) is 0 Å². The van der Waals surface area contributed by atoms with E-state index in [0.29, 0.717) is 11.6 Å². The van der Waals surface area contributed by atoms with Gasteiger partial charge in [0.15, 0.2) is 0 Å². The second-order valence-electron chi connectivity index (χ2n) is 4.95. The summed E-state index contributed by atoms with van der Waals surface area (Å²) in [5.41, 5.74) is 4.32. The first-order valence-electron chi connectivity index (χ1n) is 6.41. The normalized spacial score (nSPS) is 14.8. The van der Waals surface area contributed by atoms with Crippen molar-refractivity contribution in [3.05, 3.63) is 62.1 Å². The van der Waals surface area contributed by atoms with Crippen LogP contribution < -0.4 is 4.74 Å². The summed E-state index contributed by atoms with van der Waals surface area (Å²) in [5.74, 6) is 0.897. The van der Waals surface area contributed by atoms with Gasteiger partial charge < -0.3 is 4.74 Å². The molecular weight excluding hydrogens is 359 g/mol. The molecule has 1 aliphatic rings. The molecule has 0 aromatic heterocycles. The van der Waals surface area contributed by atoms with Crippen LogP contribution in [0.15, 0.2) is 34.8 Å². The molecule has 4 heteroatoms. The Morgan fingerprint density at radius 2 is 2.00 bits per heavy atom. The summed E-state index contributed by atoms with van der Waals surface area (Å²) in [6.45, 7) is 2.76. The largest absolute Gasteiger partial charge is 0.493 e. The predicted octanol–water partition coefficient (Wildman–Crippen LogP) is 5.67. The van der Waals surface area contributed by atoms with Gasteiger partial charge in [0.25, 0.3) is 0 Å². The topological polar surface area (TPSA) is 9.23 Å². The molecule has 1 aliphatic heterocycles. The van der Waals surface area contributed by atoms with E-state index in [1.807, 2.05) is 18.2 Å². The SMILES string of the molecule is Cc1ccc(Br)cc1C(Cl)c1cc(Cl)cc2c1OCC2. The van der Waals surface area contributed by atoms with Gasteiger partial charge in [0.05, 0.1) is 12.0 Å². The van der Waals surface area contributed by atoms with Crippen molar-refractivity contribution in [2.75, 3.05) is 6.61 Å². The third kappa shape index (κ3) is 2.57. The fourth-order valence-corrected chi connectivity index (χ4v) is 3.56. The van der Waals surface area contributed by atoms with Crippen LogP contribution in [-0.2, 0) is 6.42 Å². The Balaban J connectivity index is 2.11. The highest BCUT2D eigenvalue weighted by Crippen LogP contribution is 2.42. The van der Waals surface area contributed by atoms with Gasteiger partial charge in [-0.15, -0.1) is 11.6 Å². The Bertz CT molecular complexity index is 670. The summed E-state index contributed by atoms with van der Waals surface area (Å²) in [5, 5.41) is 0.445. The summed E-state index contributed by atoms with van der Waals surface area (Å²) >= 11 is 16.4. The van der Waals surface area contributed by atoms with Gasteiger partial charge in [-0.05, 0) is 47.9 Å². The molecule has 0 spiro atoms. The van der Waals surface area contributed by atoms with Gasteiger partial charge in [0.1, 0.15) is 5.75 Å². The van der Waals surface area contributed by atoms with Crippen LogP contribution in [0.3, 0.4) is 0 Å². The van der Waals surface area contributed by atoms with Gasteiger partial charge in [0.2, 0.25) is 0 Å². The minimum Gasteiger partial charge on any atom is -0.493 e. The highest BCUT2D eigenvalue weighted by atomic mass is 79.9. The fraction of sp³-hybridized carbons (Fsp3) is 0.250. The molecule has 1 heterocycles. The molecular formula is C16H13BrCl2O. The van der Waals surface area contributed by atoms with Gasteiger partial charge in [-0.3, -0.25) is 0 Å². The van der Waals surface area contributed by atoms with Crippen molar-refractivity contribution in [2.45, 2.75) is 18.7 Å². The quantitative estimate of drug-likeness (QED) is 0.617. The summed E-state index contributed by atoms with van der Waals surface area (Å²) in [4.78, 5) is 0. The van der Waals surface area contributed by atoms with E-state index < -0.39 is 0 Å². The Morgan fingerprint density at radius 1 is 1.20 bits per heavy atom. The zero-order chi connectivity index (χ0) is 14.3. The molecule has 0 bridgehead atoms. The van der Waals surface area contributed by atoms with Crippen LogP contribution in [0.25, 0.3) is 0 Å². The van der Waals surface area contributed by atoms with Gasteiger partial charge >= 0.3 is 0 Å². The van der Waals surface area contributed by atoms with Crippen LogP contribution in [0.4, 0.5) is 0 Å². The molecule has 0 radical (unpaired) electrons.